The second-order valence-corrected chi connectivity index (χ2v) is 6.61. The van der Waals surface area contributed by atoms with Crippen molar-refractivity contribution in [2.45, 2.75) is 58.9 Å². The first kappa shape index (κ1) is 18.4. The standard InChI is InChI=1S/C22H31NO/c1-5-6-7-8-9-19-16-17(2)10-15-22(19)18(3)23-20-11-13-21(24-4)14-12-20/h10-16,18,23H,5-9H2,1-4H3. The van der Waals surface area contributed by atoms with Gasteiger partial charge in [0.25, 0.3) is 0 Å². The Hall–Kier alpha value is -1.96. The van der Waals surface area contributed by atoms with Gasteiger partial charge in [-0.1, -0.05) is 49.9 Å². The molecule has 130 valence electrons. The molecule has 2 nitrogen and oxygen atoms in total. The summed E-state index contributed by atoms with van der Waals surface area (Å²) < 4.78 is 5.23. The van der Waals surface area contributed by atoms with Gasteiger partial charge in [-0.25, -0.2) is 0 Å². The van der Waals surface area contributed by atoms with Crippen LogP contribution in [0.5, 0.6) is 5.75 Å². The molecule has 2 aromatic carbocycles. The van der Waals surface area contributed by atoms with Crippen molar-refractivity contribution >= 4 is 5.69 Å². The number of hydrogen-bond donors (Lipinski definition) is 1. The van der Waals surface area contributed by atoms with Crippen LogP contribution in [-0.4, -0.2) is 7.11 Å². The van der Waals surface area contributed by atoms with Gasteiger partial charge in [-0.2, -0.15) is 0 Å². The summed E-state index contributed by atoms with van der Waals surface area (Å²) in [6, 6.07) is 15.3. The van der Waals surface area contributed by atoms with Crippen molar-refractivity contribution in [2.24, 2.45) is 0 Å². The highest BCUT2D eigenvalue weighted by atomic mass is 16.5. The minimum Gasteiger partial charge on any atom is -0.497 e. The fourth-order valence-electron chi connectivity index (χ4n) is 3.13. The number of ether oxygens (including phenoxy) is 1. The Morgan fingerprint density at radius 1 is 1.00 bits per heavy atom. The van der Waals surface area contributed by atoms with E-state index < -0.39 is 0 Å². The summed E-state index contributed by atoms with van der Waals surface area (Å²) in [5, 5.41) is 3.62. The largest absolute Gasteiger partial charge is 0.497 e. The Labute approximate surface area is 147 Å². The molecule has 1 atom stereocenters. The summed E-state index contributed by atoms with van der Waals surface area (Å²) in [4.78, 5) is 0. The maximum atomic E-state index is 5.23. The third kappa shape index (κ3) is 5.30. The zero-order chi connectivity index (χ0) is 17.4. The van der Waals surface area contributed by atoms with Crippen LogP contribution in [0.2, 0.25) is 0 Å². The quantitative estimate of drug-likeness (QED) is 0.546. The summed E-state index contributed by atoms with van der Waals surface area (Å²) in [5.41, 5.74) is 5.37. The highest BCUT2D eigenvalue weighted by Crippen LogP contribution is 2.26. The lowest BCUT2D eigenvalue weighted by Gasteiger charge is -2.20. The molecule has 0 aliphatic carbocycles. The Balaban J connectivity index is 2.07. The SMILES string of the molecule is CCCCCCc1cc(C)ccc1C(C)Nc1ccc(OC)cc1. The molecule has 1 N–H and O–H groups in total. The fourth-order valence-corrected chi connectivity index (χ4v) is 3.13. The number of unbranched alkanes of at least 4 members (excludes halogenated alkanes) is 3. The van der Waals surface area contributed by atoms with Crippen LogP contribution in [0.15, 0.2) is 42.5 Å². The van der Waals surface area contributed by atoms with Gasteiger partial charge in [0.05, 0.1) is 7.11 Å². The van der Waals surface area contributed by atoms with E-state index in [2.05, 4.69) is 56.4 Å². The number of hydrogen-bond acceptors (Lipinski definition) is 2. The normalized spacial score (nSPS) is 12.0. The van der Waals surface area contributed by atoms with Gasteiger partial charge in [-0.15, -0.1) is 0 Å². The van der Waals surface area contributed by atoms with E-state index in [9.17, 15) is 0 Å². The first-order chi connectivity index (χ1) is 11.6. The van der Waals surface area contributed by atoms with Crippen molar-refractivity contribution < 1.29 is 4.74 Å². The third-order valence-electron chi connectivity index (χ3n) is 4.54. The van der Waals surface area contributed by atoms with Crippen molar-refractivity contribution in [1.82, 2.24) is 0 Å². The van der Waals surface area contributed by atoms with Crippen molar-refractivity contribution in [3.05, 3.63) is 59.2 Å². The number of rotatable bonds is 9. The first-order valence-corrected chi connectivity index (χ1v) is 9.14. The molecule has 24 heavy (non-hydrogen) atoms. The Bertz CT molecular complexity index is 618. The Kier molecular flexibility index (Phi) is 7.17. The predicted molar refractivity (Wildman–Crippen MR) is 104 cm³/mol. The Morgan fingerprint density at radius 2 is 1.75 bits per heavy atom. The minimum absolute atomic E-state index is 0.292. The van der Waals surface area contributed by atoms with Crippen LogP contribution < -0.4 is 10.1 Å². The zero-order valence-corrected chi connectivity index (χ0v) is 15.6. The van der Waals surface area contributed by atoms with Gasteiger partial charge in [-0.3, -0.25) is 0 Å². The molecule has 0 spiro atoms. The molecule has 0 bridgehead atoms. The molecule has 0 heterocycles. The molecule has 1 unspecified atom stereocenters. The van der Waals surface area contributed by atoms with Gasteiger partial charge < -0.3 is 10.1 Å². The highest BCUT2D eigenvalue weighted by molar-refractivity contribution is 5.49. The van der Waals surface area contributed by atoms with Crippen LogP contribution in [0, 0.1) is 6.92 Å². The minimum atomic E-state index is 0.292. The molecular formula is C22H31NO. The molecule has 2 rings (SSSR count). The summed E-state index contributed by atoms with van der Waals surface area (Å²) in [7, 11) is 1.70. The second kappa shape index (κ2) is 9.36. The molecule has 0 aromatic heterocycles. The maximum absolute atomic E-state index is 5.23. The monoisotopic (exact) mass is 325 g/mol. The van der Waals surface area contributed by atoms with Crippen LogP contribution in [-0.2, 0) is 6.42 Å². The highest BCUT2D eigenvalue weighted by Gasteiger charge is 2.11. The predicted octanol–water partition coefficient (Wildman–Crippen LogP) is 6.30. The van der Waals surface area contributed by atoms with Crippen molar-refractivity contribution in [3.8, 4) is 5.75 Å². The van der Waals surface area contributed by atoms with Crippen LogP contribution >= 0.6 is 0 Å². The molecule has 0 saturated carbocycles. The van der Waals surface area contributed by atoms with Crippen LogP contribution in [0.1, 0.15) is 62.3 Å². The van der Waals surface area contributed by atoms with Crippen LogP contribution in [0.4, 0.5) is 5.69 Å². The molecule has 0 radical (unpaired) electrons. The summed E-state index contributed by atoms with van der Waals surface area (Å²) in [6.45, 7) is 6.68. The average Bonchev–Trinajstić information content (AvgIpc) is 2.59. The average molecular weight is 325 g/mol. The van der Waals surface area contributed by atoms with Gasteiger partial charge in [-0.05, 0) is 62.1 Å². The number of anilines is 1. The van der Waals surface area contributed by atoms with Gasteiger partial charge in [0.2, 0.25) is 0 Å². The number of methoxy groups -OCH3 is 1. The van der Waals surface area contributed by atoms with E-state index in [0.717, 1.165) is 11.4 Å². The lowest BCUT2D eigenvalue weighted by atomic mass is 9.95. The second-order valence-electron chi connectivity index (χ2n) is 6.61. The number of nitrogens with one attached hydrogen (secondary N) is 1. The van der Waals surface area contributed by atoms with E-state index in [0.29, 0.717) is 6.04 Å². The van der Waals surface area contributed by atoms with Gasteiger partial charge in [0.1, 0.15) is 5.75 Å². The van der Waals surface area contributed by atoms with Crippen molar-refractivity contribution in [3.63, 3.8) is 0 Å². The number of benzene rings is 2. The molecule has 2 aromatic rings. The zero-order valence-electron chi connectivity index (χ0n) is 15.6. The van der Waals surface area contributed by atoms with E-state index in [4.69, 9.17) is 4.74 Å². The third-order valence-corrected chi connectivity index (χ3v) is 4.54. The van der Waals surface area contributed by atoms with E-state index in [1.165, 1.54) is 48.8 Å². The van der Waals surface area contributed by atoms with Gasteiger partial charge in [0.15, 0.2) is 0 Å². The number of aryl methyl sites for hydroxylation is 2. The van der Waals surface area contributed by atoms with Gasteiger partial charge in [0, 0.05) is 11.7 Å². The lowest BCUT2D eigenvalue weighted by molar-refractivity contribution is 0.415. The smallest absolute Gasteiger partial charge is 0.119 e. The fraction of sp³-hybridized carbons (Fsp3) is 0.455. The topological polar surface area (TPSA) is 21.3 Å². The molecule has 0 fully saturated rings. The van der Waals surface area contributed by atoms with Gasteiger partial charge >= 0.3 is 0 Å². The van der Waals surface area contributed by atoms with Crippen LogP contribution in [0.25, 0.3) is 0 Å². The van der Waals surface area contributed by atoms with E-state index in [1.54, 1.807) is 7.11 Å². The Morgan fingerprint density at radius 3 is 2.42 bits per heavy atom. The molecule has 0 saturated heterocycles. The van der Waals surface area contributed by atoms with E-state index in [1.807, 2.05) is 12.1 Å². The van der Waals surface area contributed by atoms with E-state index >= 15 is 0 Å². The van der Waals surface area contributed by atoms with Crippen molar-refractivity contribution in [2.75, 3.05) is 12.4 Å². The molecule has 0 amide bonds. The first-order valence-electron chi connectivity index (χ1n) is 9.14. The summed E-state index contributed by atoms with van der Waals surface area (Å²) in [6.07, 6.45) is 6.40. The van der Waals surface area contributed by atoms with E-state index in [-0.39, 0.29) is 0 Å². The van der Waals surface area contributed by atoms with Crippen molar-refractivity contribution in [1.29, 1.82) is 0 Å². The molecule has 0 aliphatic heterocycles. The lowest BCUT2D eigenvalue weighted by Crippen LogP contribution is -2.09. The molecule has 0 aliphatic rings. The summed E-state index contributed by atoms with van der Waals surface area (Å²) in [5.74, 6) is 0.889. The molecular weight excluding hydrogens is 294 g/mol. The molecule has 2 heteroatoms. The van der Waals surface area contributed by atoms with Crippen LogP contribution in [0.3, 0.4) is 0 Å². The summed E-state index contributed by atoms with van der Waals surface area (Å²) >= 11 is 0. The maximum Gasteiger partial charge on any atom is 0.119 e.